The van der Waals surface area contributed by atoms with Crippen LogP contribution in [0.3, 0.4) is 0 Å². The minimum absolute atomic E-state index is 0.986. The number of nitrogens with zero attached hydrogens (tertiary/aromatic N) is 1. The molecule has 0 unspecified atom stereocenters. The SMILES string of the molecule is C=C/C(CC)=N/C. The molecular formula is C6H11N. The second kappa shape index (κ2) is 3.59. The average Bonchev–Trinajstić information content (AvgIpc) is 1.72. The van der Waals surface area contributed by atoms with E-state index in [1.165, 1.54) is 0 Å². The maximum absolute atomic E-state index is 3.92. The Labute approximate surface area is 44.8 Å². The highest BCUT2D eigenvalue weighted by atomic mass is 14.7. The lowest BCUT2D eigenvalue weighted by atomic mass is 10.3. The molecule has 0 aromatic heterocycles. The second-order valence-corrected chi connectivity index (χ2v) is 1.27. The van der Waals surface area contributed by atoms with Gasteiger partial charge in [-0.05, 0) is 12.5 Å². The molecule has 0 aliphatic heterocycles. The van der Waals surface area contributed by atoms with E-state index in [4.69, 9.17) is 0 Å². The number of allylic oxidation sites excluding steroid dienone is 1. The first-order valence-electron chi connectivity index (χ1n) is 2.43. The van der Waals surface area contributed by atoms with Gasteiger partial charge in [-0.3, -0.25) is 4.99 Å². The van der Waals surface area contributed by atoms with E-state index in [0.29, 0.717) is 0 Å². The van der Waals surface area contributed by atoms with Crippen LogP contribution in [-0.2, 0) is 0 Å². The first kappa shape index (κ1) is 6.41. The van der Waals surface area contributed by atoms with Crippen LogP contribution in [0.25, 0.3) is 0 Å². The van der Waals surface area contributed by atoms with Crippen molar-refractivity contribution in [3.63, 3.8) is 0 Å². The zero-order valence-electron chi connectivity index (χ0n) is 4.94. The minimum Gasteiger partial charge on any atom is -0.293 e. The predicted molar refractivity (Wildman–Crippen MR) is 33.8 cm³/mol. The Morgan fingerprint density at radius 3 is 2.43 bits per heavy atom. The van der Waals surface area contributed by atoms with Gasteiger partial charge in [-0.1, -0.05) is 13.5 Å². The molecule has 0 heterocycles. The highest BCUT2D eigenvalue weighted by molar-refractivity contribution is 5.94. The van der Waals surface area contributed by atoms with E-state index >= 15 is 0 Å². The molecule has 0 rings (SSSR count). The largest absolute Gasteiger partial charge is 0.293 e. The quantitative estimate of drug-likeness (QED) is 0.464. The molecule has 0 N–H and O–H groups in total. The molecule has 40 valence electrons. The maximum atomic E-state index is 3.92. The first-order chi connectivity index (χ1) is 3.35. The number of aliphatic imine (C=N–C) groups is 1. The average molecular weight is 97.2 g/mol. The van der Waals surface area contributed by atoms with Gasteiger partial charge in [0.1, 0.15) is 0 Å². The summed E-state index contributed by atoms with van der Waals surface area (Å²) in [4.78, 5) is 3.92. The fourth-order valence-corrected chi connectivity index (χ4v) is 0.394. The van der Waals surface area contributed by atoms with Crippen LogP contribution in [-0.4, -0.2) is 12.8 Å². The van der Waals surface area contributed by atoms with Gasteiger partial charge in [0.2, 0.25) is 0 Å². The summed E-state index contributed by atoms with van der Waals surface area (Å²) in [5.41, 5.74) is 1.07. The zero-order chi connectivity index (χ0) is 5.70. The molecule has 0 saturated carbocycles. The summed E-state index contributed by atoms with van der Waals surface area (Å²) in [5.74, 6) is 0. The van der Waals surface area contributed by atoms with E-state index in [1.54, 1.807) is 13.1 Å². The summed E-state index contributed by atoms with van der Waals surface area (Å²) in [6, 6.07) is 0. The Morgan fingerprint density at radius 1 is 1.86 bits per heavy atom. The Bertz CT molecular complexity index is 82.2. The fourth-order valence-electron chi connectivity index (χ4n) is 0.394. The van der Waals surface area contributed by atoms with Crippen LogP contribution in [0, 0.1) is 0 Å². The van der Waals surface area contributed by atoms with Gasteiger partial charge >= 0.3 is 0 Å². The van der Waals surface area contributed by atoms with Gasteiger partial charge in [0.05, 0.1) is 0 Å². The molecule has 0 saturated heterocycles. The molecule has 1 heteroatoms. The van der Waals surface area contributed by atoms with E-state index in [-0.39, 0.29) is 0 Å². The van der Waals surface area contributed by atoms with Crippen molar-refractivity contribution in [1.82, 2.24) is 0 Å². The number of hydrogen-bond donors (Lipinski definition) is 0. The molecular weight excluding hydrogens is 86.1 g/mol. The summed E-state index contributed by atoms with van der Waals surface area (Å²) < 4.78 is 0. The van der Waals surface area contributed by atoms with E-state index in [0.717, 1.165) is 12.1 Å². The predicted octanol–water partition coefficient (Wildman–Crippen LogP) is 1.65. The van der Waals surface area contributed by atoms with Gasteiger partial charge in [0.25, 0.3) is 0 Å². The van der Waals surface area contributed by atoms with Gasteiger partial charge in [-0.15, -0.1) is 0 Å². The standard InChI is InChI=1S/C6H11N/c1-4-6(5-2)7-3/h4H,1,5H2,2-3H3/b7-6-. The molecule has 0 aromatic carbocycles. The van der Waals surface area contributed by atoms with Crippen molar-refractivity contribution in [3.8, 4) is 0 Å². The van der Waals surface area contributed by atoms with Crippen LogP contribution in [0.5, 0.6) is 0 Å². The van der Waals surface area contributed by atoms with Crippen LogP contribution >= 0.6 is 0 Å². The minimum atomic E-state index is 0.986. The fraction of sp³-hybridized carbons (Fsp3) is 0.500. The zero-order valence-corrected chi connectivity index (χ0v) is 4.94. The maximum Gasteiger partial charge on any atom is 0.0336 e. The monoisotopic (exact) mass is 97.1 g/mol. The summed E-state index contributed by atoms with van der Waals surface area (Å²) in [6.07, 6.45) is 2.76. The lowest BCUT2D eigenvalue weighted by molar-refractivity contribution is 1.26. The Kier molecular flexibility index (Phi) is 3.29. The van der Waals surface area contributed by atoms with Gasteiger partial charge in [-0.25, -0.2) is 0 Å². The third kappa shape index (κ3) is 2.15. The Hall–Kier alpha value is -0.590. The number of hydrogen-bond acceptors (Lipinski definition) is 1. The topological polar surface area (TPSA) is 12.4 Å². The molecule has 0 radical (unpaired) electrons. The third-order valence-electron chi connectivity index (χ3n) is 0.885. The second-order valence-electron chi connectivity index (χ2n) is 1.27. The Morgan fingerprint density at radius 2 is 2.43 bits per heavy atom. The van der Waals surface area contributed by atoms with Crippen LogP contribution < -0.4 is 0 Å². The molecule has 0 amide bonds. The van der Waals surface area contributed by atoms with Gasteiger partial charge < -0.3 is 0 Å². The summed E-state index contributed by atoms with van der Waals surface area (Å²) in [6.45, 7) is 5.63. The third-order valence-corrected chi connectivity index (χ3v) is 0.885. The normalized spacial score (nSPS) is 11.4. The van der Waals surface area contributed by atoms with Gasteiger partial charge in [-0.2, -0.15) is 0 Å². The van der Waals surface area contributed by atoms with Crippen molar-refractivity contribution in [2.24, 2.45) is 4.99 Å². The van der Waals surface area contributed by atoms with Crippen molar-refractivity contribution in [3.05, 3.63) is 12.7 Å². The molecule has 0 aliphatic rings. The molecule has 7 heavy (non-hydrogen) atoms. The van der Waals surface area contributed by atoms with Crippen LogP contribution in [0.4, 0.5) is 0 Å². The molecule has 0 atom stereocenters. The van der Waals surface area contributed by atoms with Crippen molar-refractivity contribution in [2.75, 3.05) is 7.05 Å². The van der Waals surface area contributed by atoms with Crippen LogP contribution in [0.15, 0.2) is 17.6 Å². The molecule has 0 aromatic rings. The van der Waals surface area contributed by atoms with Crippen molar-refractivity contribution < 1.29 is 0 Å². The summed E-state index contributed by atoms with van der Waals surface area (Å²) >= 11 is 0. The van der Waals surface area contributed by atoms with Crippen LogP contribution in [0.1, 0.15) is 13.3 Å². The van der Waals surface area contributed by atoms with E-state index < -0.39 is 0 Å². The van der Waals surface area contributed by atoms with E-state index in [9.17, 15) is 0 Å². The smallest absolute Gasteiger partial charge is 0.0336 e. The lowest BCUT2D eigenvalue weighted by Gasteiger charge is -1.87. The molecule has 1 nitrogen and oxygen atoms in total. The van der Waals surface area contributed by atoms with Crippen LogP contribution in [0.2, 0.25) is 0 Å². The highest BCUT2D eigenvalue weighted by Gasteiger charge is 1.79. The summed E-state index contributed by atoms with van der Waals surface area (Å²) in [7, 11) is 1.78. The molecule has 0 fully saturated rings. The van der Waals surface area contributed by atoms with E-state index in [2.05, 4.69) is 18.5 Å². The van der Waals surface area contributed by atoms with Gasteiger partial charge in [0, 0.05) is 12.8 Å². The van der Waals surface area contributed by atoms with Gasteiger partial charge in [0.15, 0.2) is 0 Å². The Balaban J connectivity index is 3.60. The molecule has 0 spiro atoms. The summed E-state index contributed by atoms with van der Waals surface area (Å²) in [5, 5.41) is 0. The number of rotatable bonds is 2. The van der Waals surface area contributed by atoms with Crippen molar-refractivity contribution >= 4 is 5.71 Å². The molecule has 0 bridgehead atoms. The molecule has 0 aliphatic carbocycles. The van der Waals surface area contributed by atoms with Crippen molar-refractivity contribution in [2.45, 2.75) is 13.3 Å². The van der Waals surface area contributed by atoms with E-state index in [1.807, 2.05) is 0 Å². The first-order valence-corrected chi connectivity index (χ1v) is 2.43. The highest BCUT2D eigenvalue weighted by Crippen LogP contribution is 1.82. The van der Waals surface area contributed by atoms with Crippen molar-refractivity contribution in [1.29, 1.82) is 0 Å². The lowest BCUT2D eigenvalue weighted by Crippen LogP contribution is -1.86.